The Balaban J connectivity index is 2.52. The molecule has 0 aliphatic carbocycles. The highest BCUT2D eigenvalue weighted by atomic mass is 16.5. The van der Waals surface area contributed by atoms with Crippen molar-refractivity contribution in [3.63, 3.8) is 0 Å². The van der Waals surface area contributed by atoms with E-state index in [2.05, 4.69) is 44.1 Å². The minimum absolute atomic E-state index is 0.737. The third-order valence-electron chi connectivity index (χ3n) is 2.61. The highest BCUT2D eigenvalue weighted by molar-refractivity contribution is 5.36. The van der Waals surface area contributed by atoms with Gasteiger partial charge in [-0.05, 0) is 64.5 Å². The van der Waals surface area contributed by atoms with Gasteiger partial charge in [0.05, 0.1) is 6.61 Å². The Morgan fingerprint density at radius 3 is 2.56 bits per heavy atom. The minimum Gasteiger partial charge on any atom is -0.494 e. The van der Waals surface area contributed by atoms with E-state index in [0.717, 1.165) is 25.3 Å². The lowest BCUT2D eigenvalue weighted by atomic mass is 10.1. The van der Waals surface area contributed by atoms with Gasteiger partial charge in [0.2, 0.25) is 0 Å². The van der Waals surface area contributed by atoms with Gasteiger partial charge in [-0.2, -0.15) is 0 Å². The molecular weight excluding hydrogens is 198 g/mol. The monoisotopic (exact) mass is 221 g/mol. The van der Waals surface area contributed by atoms with E-state index in [4.69, 9.17) is 4.74 Å². The van der Waals surface area contributed by atoms with Gasteiger partial charge in [-0.3, -0.25) is 0 Å². The maximum atomic E-state index is 5.53. The standard InChI is InChI=1S/C14H23NO/c1-5-16-14-9-8-13(11-12(14)2)7-6-10-15(3)4/h8-9,11H,5-7,10H2,1-4H3. The molecule has 0 amide bonds. The molecule has 90 valence electrons. The van der Waals surface area contributed by atoms with Crippen molar-refractivity contribution < 1.29 is 4.74 Å². The summed E-state index contributed by atoms with van der Waals surface area (Å²) in [5.74, 6) is 1.01. The number of benzene rings is 1. The molecule has 1 rings (SSSR count). The summed E-state index contributed by atoms with van der Waals surface area (Å²) in [5, 5.41) is 0. The summed E-state index contributed by atoms with van der Waals surface area (Å²) < 4.78 is 5.53. The summed E-state index contributed by atoms with van der Waals surface area (Å²) in [6.45, 7) is 6.01. The topological polar surface area (TPSA) is 12.5 Å². The second-order valence-corrected chi connectivity index (χ2v) is 4.44. The Morgan fingerprint density at radius 2 is 2.00 bits per heavy atom. The molecular formula is C14H23NO. The van der Waals surface area contributed by atoms with Gasteiger partial charge in [0.1, 0.15) is 5.75 Å². The Hall–Kier alpha value is -1.02. The lowest BCUT2D eigenvalue weighted by Gasteiger charge is -2.11. The van der Waals surface area contributed by atoms with E-state index in [0.29, 0.717) is 0 Å². The van der Waals surface area contributed by atoms with E-state index in [1.165, 1.54) is 17.5 Å². The van der Waals surface area contributed by atoms with E-state index >= 15 is 0 Å². The second-order valence-electron chi connectivity index (χ2n) is 4.44. The predicted octanol–water partition coefficient (Wildman–Crippen LogP) is 2.89. The number of nitrogens with zero attached hydrogens (tertiary/aromatic N) is 1. The lowest BCUT2D eigenvalue weighted by Crippen LogP contribution is -2.13. The average molecular weight is 221 g/mol. The van der Waals surface area contributed by atoms with Gasteiger partial charge < -0.3 is 9.64 Å². The molecule has 0 aromatic heterocycles. The summed E-state index contributed by atoms with van der Waals surface area (Å²) in [6, 6.07) is 6.50. The number of hydrogen-bond donors (Lipinski definition) is 0. The molecule has 0 radical (unpaired) electrons. The van der Waals surface area contributed by atoms with Crippen LogP contribution in [0.1, 0.15) is 24.5 Å². The van der Waals surface area contributed by atoms with Gasteiger partial charge >= 0.3 is 0 Å². The molecule has 0 aliphatic heterocycles. The van der Waals surface area contributed by atoms with Crippen LogP contribution in [0.15, 0.2) is 18.2 Å². The Bertz CT molecular complexity index is 321. The minimum atomic E-state index is 0.737. The molecule has 2 nitrogen and oxygen atoms in total. The van der Waals surface area contributed by atoms with Crippen molar-refractivity contribution >= 4 is 0 Å². The fourth-order valence-electron chi connectivity index (χ4n) is 1.78. The van der Waals surface area contributed by atoms with Crippen molar-refractivity contribution in [2.24, 2.45) is 0 Å². The van der Waals surface area contributed by atoms with Crippen LogP contribution < -0.4 is 4.74 Å². The van der Waals surface area contributed by atoms with Crippen LogP contribution in [0.4, 0.5) is 0 Å². The summed E-state index contributed by atoms with van der Waals surface area (Å²) in [5.41, 5.74) is 2.65. The average Bonchev–Trinajstić information content (AvgIpc) is 2.21. The summed E-state index contributed by atoms with van der Waals surface area (Å²) >= 11 is 0. The Kier molecular flexibility index (Phi) is 5.33. The Morgan fingerprint density at radius 1 is 1.25 bits per heavy atom. The third kappa shape index (κ3) is 4.23. The molecule has 0 unspecified atom stereocenters. The Labute approximate surface area is 99.2 Å². The number of aryl methyl sites for hydroxylation is 2. The maximum Gasteiger partial charge on any atom is 0.122 e. The fourth-order valence-corrected chi connectivity index (χ4v) is 1.78. The van der Waals surface area contributed by atoms with Crippen LogP contribution in [0.25, 0.3) is 0 Å². The quantitative estimate of drug-likeness (QED) is 0.732. The van der Waals surface area contributed by atoms with Crippen LogP contribution in [-0.4, -0.2) is 32.1 Å². The molecule has 0 spiro atoms. The number of ether oxygens (including phenoxy) is 1. The molecule has 0 heterocycles. The van der Waals surface area contributed by atoms with Crippen LogP contribution in [0.3, 0.4) is 0 Å². The SMILES string of the molecule is CCOc1ccc(CCCN(C)C)cc1C. The van der Waals surface area contributed by atoms with Crippen LogP contribution in [0.2, 0.25) is 0 Å². The van der Waals surface area contributed by atoms with Crippen molar-refractivity contribution in [2.45, 2.75) is 26.7 Å². The van der Waals surface area contributed by atoms with Gasteiger partial charge in [-0.25, -0.2) is 0 Å². The summed E-state index contributed by atoms with van der Waals surface area (Å²) in [4.78, 5) is 2.22. The predicted molar refractivity (Wildman–Crippen MR) is 69.2 cm³/mol. The zero-order chi connectivity index (χ0) is 12.0. The van der Waals surface area contributed by atoms with Crippen LogP contribution in [-0.2, 0) is 6.42 Å². The largest absolute Gasteiger partial charge is 0.494 e. The third-order valence-corrected chi connectivity index (χ3v) is 2.61. The molecule has 1 aromatic rings. The van der Waals surface area contributed by atoms with E-state index in [1.807, 2.05) is 6.92 Å². The second kappa shape index (κ2) is 6.54. The summed E-state index contributed by atoms with van der Waals surface area (Å²) in [7, 11) is 4.23. The first-order chi connectivity index (χ1) is 7.63. The molecule has 0 bridgehead atoms. The van der Waals surface area contributed by atoms with E-state index in [1.54, 1.807) is 0 Å². The number of rotatable bonds is 6. The van der Waals surface area contributed by atoms with Gasteiger partial charge in [-0.15, -0.1) is 0 Å². The van der Waals surface area contributed by atoms with Crippen molar-refractivity contribution in [2.75, 3.05) is 27.2 Å². The van der Waals surface area contributed by atoms with Crippen molar-refractivity contribution in [1.29, 1.82) is 0 Å². The molecule has 0 N–H and O–H groups in total. The molecule has 0 fully saturated rings. The van der Waals surface area contributed by atoms with Gasteiger partial charge in [0.15, 0.2) is 0 Å². The van der Waals surface area contributed by atoms with E-state index in [-0.39, 0.29) is 0 Å². The molecule has 2 heteroatoms. The molecule has 0 atom stereocenters. The molecule has 0 saturated carbocycles. The van der Waals surface area contributed by atoms with Crippen molar-refractivity contribution in [3.05, 3.63) is 29.3 Å². The van der Waals surface area contributed by atoms with Crippen LogP contribution >= 0.6 is 0 Å². The molecule has 1 aromatic carbocycles. The zero-order valence-electron chi connectivity index (χ0n) is 10.9. The molecule has 0 saturated heterocycles. The van der Waals surface area contributed by atoms with E-state index in [9.17, 15) is 0 Å². The first kappa shape index (κ1) is 13.0. The first-order valence-corrected chi connectivity index (χ1v) is 6.00. The van der Waals surface area contributed by atoms with Gasteiger partial charge in [0, 0.05) is 0 Å². The van der Waals surface area contributed by atoms with Crippen molar-refractivity contribution in [3.8, 4) is 5.75 Å². The van der Waals surface area contributed by atoms with Crippen LogP contribution in [0, 0.1) is 6.92 Å². The lowest BCUT2D eigenvalue weighted by molar-refractivity contribution is 0.337. The fraction of sp³-hybridized carbons (Fsp3) is 0.571. The molecule has 0 aliphatic rings. The van der Waals surface area contributed by atoms with Gasteiger partial charge in [-0.1, -0.05) is 12.1 Å². The number of hydrogen-bond acceptors (Lipinski definition) is 2. The highest BCUT2D eigenvalue weighted by Gasteiger charge is 2.01. The molecule has 16 heavy (non-hydrogen) atoms. The zero-order valence-corrected chi connectivity index (χ0v) is 10.9. The van der Waals surface area contributed by atoms with E-state index < -0.39 is 0 Å². The first-order valence-electron chi connectivity index (χ1n) is 6.00. The smallest absolute Gasteiger partial charge is 0.122 e. The summed E-state index contributed by atoms with van der Waals surface area (Å²) in [6.07, 6.45) is 2.35. The maximum absolute atomic E-state index is 5.53. The normalized spacial score (nSPS) is 10.8. The van der Waals surface area contributed by atoms with Crippen molar-refractivity contribution in [1.82, 2.24) is 4.90 Å². The van der Waals surface area contributed by atoms with Crippen LogP contribution in [0.5, 0.6) is 5.75 Å². The van der Waals surface area contributed by atoms with Gasteiger partial charge in [0.25, 0.3) is 0 Å². The highest BCUT2D eigenvalue weighted by Crippen LogP contribution is 2.19.